The predicted molar refractivity (Wildman–Crippen MR) is 60.5 cm³/mol. The van der Waals surface area contributed by atoms with Crippen molar-refractivity contribution in [3.8, 4) is 0 Å². The zero-order valence-electron chi connectivity index (χ0n) is 9.14. The van der Waals surface area contributed by atoms with Crippen LogP contribution in [0.4, 0.5) is 5.82 Å². The van der Waals surface area contributed by atoms with Crippen LogP contribution in [0.25, 0.3) is 0 Å². The van der Waals surface area contributed by atoms with Gasteiger partial charge in [0.05, 0.1) is 13.1 Å². The lowest BCUT2D eigenvalue weighted by atomic mass is 10.2. The lowest BCUT2D eigenvalue weighted by Gasteiger charge is -2.25. The van der Waals surface area contributed by atoms with Crippen LogP contribution < -0.4 is 16.6 Å². The zero-order chi connectivity index (χ0) is 12.3. The molecule has 1 aliphatic heterocycles. The summed E-state index contributed by atoms with van der Waals surface area (Å²) in [5, 5.41) is 2.25. The number of amides is 2. The second-order valence-electron chi connectivity index (χ2n) is 3.77. The van der Waals surface area contributed by atoms with Crippen molar-refractivity contribution in [1.82, 2.24) is 15.2 Å². The van der Waals surface area contributed by atoms with E-state index < -0.39 is 0 Å². The summed E-state index contributed by atoms with van der Waals surface area (Å²) < 4.78 is 0. The molecular weight excluding hydrogens is 222 g/mol. The van der Waals surface area contributed by atoms with E-state index in [1.165, 1.54) is 0 Å². The highest BCUT2D eigenvalue weighted by Crippen LogP contribution is 2.13. The van der Waals surface area contributed by atoms with E-state index in [4.69, 9.17) is 5.84 Å². The molecular formula is C10H13N5O2. The highest BCUT2D eigenvalue weighted by atomic mass is 16.2. The lowest BCUT2D eigenvalue weighted by Crippen LogP contribution is -2.50. The van der Waals surface area contributed by atoms with E-state index in [9.17, 15) is 9.59 Å². The standard InChI is InChI=1S/C10H13N5O2/c11-14-10-7(2-1-3-12-10)4-15-5-8(16)13-9(17)6-15/h1-3H,4-6,11H2,(H,12,14)(H,13,16,17). The number of piperazine rings is 1. The van der Waals surface area contributed by atoms with Crippen molar-refractivity contribution in [2.45, 2.75) is 6.54 Å². The molecule has 2 rings (SSSR count). The first-order chi connectivity index (χ1) is 8.19. The van der Waals surface area contributed by atoms with Gasteiger partial charge in [-0.15, -0.1) is 0 Å². The van der Waals surface area contributed by atoms with Crippen LogP contribution in [0, 0.1) is 0 Å². The van der Waals surface area contributed by atoms with Crippen molar-refractivity contribution in [3.05, 3.63) is 23.9 Å². The summed E-state index contributed by atoms with van der Waals surface area (Å²) in [6.45, 7) is 0.849. The van der Waals surface area contributed by atoms with Gasteiger partial charge in [0.15, 0.2) is 0 Å². The van der Waals surface area contributed by atoms with Crippen molar-refractivity contribution in [1.29, 1.82) is 0 Å². The van der Waals surface area contributed by atoms with E-state index >= 15 is 0 Å². The van der Waals surface area contributed by atoms with E-state index in [1.807, 2.05) is 6.07 Å². The van der Waals surface area contributed by atoms with E-state index in [2.05, 4.69) is 15.7 Å². The van der Waals surface area contributed by atoms with Crippen LogP contribution in [0.3, 0.4) is 0 Å². The number of hydrogen-bond acceptors (Lipinski definition) is 6. The number of anilines is 1. The molecule has 1 fully saturated rings. The maximum atomic E-state index is 11.2. The monoisotopic (exact) mass is 235 g/mol. The molecule has 0 aromatic carbocycles. The van der Waals surface area contributed by atoms with E-state index in [-0.39, 0.29) is 24.9 Å². The summed E-state index contributed by atoms with van der Waals surface area (Å²) in [4.78, 5) is 28.2. The Hall–Kier alpha value is -1.99. The highest BCUT2D eigenvalue weighted by Gasteiger charge is 2.22. The fourth-order valence-corrected chi connectivity index (χ4v) is 1.75. The number of nitrogens with two attached hydrogens (primary N) is 1. The third kappa shape index (κ3) is 2.77. The molecule has 0 saturated carbocycles. The molecule has 0 unspecified atom stereocenters. The Morgan fingerprint density at radius 2 is 2.12 bits per heavy atom. The number of rotatable bonds is 3. The third-order valence-corrected chi connectivity index (χ3v) is 2.44. The molecule has 1 aromatic rings. The maximum absolute atomic E-state index is 11.2. The Morgan fingerprint density at radius 1 is 1.41 bits per heavy atom. The first-order valence-electron chi connectivity index (χ1n) is 5.14. The Labute approximate surface area is 98.0 Å². The normalized spacial score (nSPS) is 16.8. The molecule has 1 aromatic heterocycles. The van der Waals surface area contributed by atoms with Crippen LogP contribution in [0.2, 0.25) is 0 Å². The molecule has 4 N–H and O–H groups in total. The topological polar surface area (TPSA) is 100 Å². The molecule has 17 heavy (non-hydrogen) atoms. The molecule has 1 aliphatic rings. The van der Waals surface area contributed by atoms with Crippen molar-refractivity contribution < 1.29 is 9.59 Å². The number of nitrogen functional groups attached to an aromatic ring is 1. The van der Waals surface area contributed by atoms with Gasteiger partial charge in [-0.1, -0.05) is 6.07 Å². The number of nitrogens with one attached hydrogen (secondary N) is 2. The van der Waals surface area contributed by atoms with Crippen LogP contribution in [-0.2, 0) is 16.1 Å². The summed E-state index contributed by atoms with van der Waals surface area (Å²) in [6, 6.07) is 3.63. The largest absolute Gasteiger partial charge is 0.308 e. The number of nitrogens with zero attached hydrogens (tertiary/aromatic N) is 2. The number of hydrogen-bond donors (Lipinski definition) is 3. The zero-order valence-corrected chi connectivity index (χ0v) is 9.14. The smallest absolute Gasteiger partial charge is 0.240 e. The Morgan fingerprint density at radius 3 is 2.76 bits per heavy atom. The minimum absolute atomic E-state index is 0.199. The SMILES string of the molecule is NNc1ncccc1CN1CC(=O)NC(=O)C1. The number of carbonyl (C=O) groups excluding carboxylic acids is 2. The summed E-state index contributed by atoms with van der Waals surface area (Å²) in [5.74, 6) is 5.31. The quantitative estimate of drug-likeness (QED) is 0.346. The van der Waals surface area contributed by atoms with Crippen LogP contribution in [0.5, 0.6) is 0 Å². The van der Waals surface area contributed by atoms with Gasteiger partial charge in [0.1, 0.15) is 5.82 Å². The van der Waals surface area contributed by atoms with Gasteiger partial charge in [0.2, 0.25) is 11.8 Å². The minimum atomic E-state index is -0.285. The lowest BCUT2D eigenvalue weighted by molar-refractivity contribution is -0.136. The summed E-state index contributed by atoms with van der Waals surface area (Å²) >= 11 is 0. The number of pyridine rings is 1. The molecule has 1 saturated heterocycles. The number of imide groups is 1. The van der Waals surface area contributed by atoms with Crippen molar-refractivity contribution in [2.75, 3.05) is 18.5 Å². The molecule has 2 heterocycles. The summed E-state index contributed by atoms with van der Waals surface area (Å²) in [7, 11) is 0. The van der Waals surface area contributed by atoms with Gasteiger partial charge in [-0.25, -0.2) is 10.8 Å². The van der Waals surface area contributed by atoms with Gasteiger partial charge in [0.25, 0.3) is 0 Å². The molecule has 0 radical (unpaired) electrons. The van der Waals surface area contributed by atoms with Crippen LogP contribution >= 0.6 is 0 Å². The Balaban J connectivity index is 2.09. The first kappa shape index (κ1) is 11.5. The van der Waals surface area contributed by atoms with Gasteiger partial charge in [-0.2, -0.15) is 0 Å². The average Bonchev–Trinajstić information content (AvgIpc) is 2.28. The van der Waals surface area contributed by atoms with Crippen molar-refractivity contribution in [3.63, 3.8) is 0 Å². The number of hydrazine groups is 1. The molecule has 7 heteroatoms. The molecule has 0 atom stereocenters. The molecule has 0 aliphatic carbocycles. The fourth-order valence-electron chi connectivity index (χ4n) is 1.75. The molecule has 90 valence electrons. The maximum Gasteiger partial charge on any atom is 0.240 e. The highest BCUT2D eigenvalue weighted by molar-refractivity contribution is 5.99. The number of carbonyl (C=O) groups is 2. The van der Waals surface area contributed by atoms with Gasteiger partial charge in [0, 0.05) is 18.3 Å². The van der Waals surface area contributed by atoms with Crippen molar-refractivity contribution in [2.24, 2.45) is 5.84 Å². The van der Waals surface area contributed by atoms with Gasteiger partial charge >= 0.3 is 0 Å². The van der Waals surface area contributed by atoms with Crippen LogP contribution in [0.1, 0.15) is 5.56 Å². The van der Waals surface area contributed by atoms with E-state index in [1.54, 1.807) is 17.2 Å². The molecule has 0 bridgehead atoms. The second kappa shape index (κ2) is 4.89. The van der Waals surface area contributed by atoms with Gasteiger partial charge in [-0.3, -0.25) is 19.8 Å². The van der Waals surface area contributed by atoms with Gasteiger partial charge in [-0.05, 0) is 6.07 Å². The second-order valence-corrected chi connectivity index (χ2v) is 3.77. The molecule has 2 amide bonds. The molecule has 0 spiro atoms. The average molecular weight is 235 g/mol. The minimum Gasteiger partial charge on any atom is -0.308 e. The van der Waals surface area contributed by atoms with E-state index in [0.29, 0.717) is 12.4 Å². The van der Waals surface area contributed by atoms with Crippen molar-refractivity contribution >= 4 is 17.6 Å². The Kier molecular flexibility index (Phi) is 3.31. The third-order valence-electron chi connectivity index (χ3n) is 2.44. The predicted octanol–water partition coefficient (Wildman–Crippen LogP) is -1.17. The fraction of sp³-hybridized carbons (Fsp3) is 0.300. The molecule has 7 nitrogen and oxygen atoms in total. The number of aromatic nitrogens is 1. The summed E-state index contributed by atoms with van der Waals surface area (Å²) in [5.41, 5.74) is 3.33. The van der Waals surface area contributed by atoms with Gasteiger partial charge < -0.3 is 5.43 Å². The van der Waals surface area contributed by atoms with Crippen LogP contribution in [-0.4, -0.2) is 34.8 Å². The first-order valence-corrected chi connectivity index (χ1v) is 5.14. The van der Waals surface area contributed by atoms with Crippen LogP contribution in [0.15, 0.2) is 18.3 Å². The summed E-state index contributed by atoms with van der Waals surface area (Å²) in [6.07, 6.45) is 1.62. The Bertz CT molecular complexity index is 432. The van der Waals surface area contributed by atoms with E-state index in [0.717, 1.165) is 5.56 Å².